The zero-order chi connectivity index (χ0) is 15.1. The molecule has 1 N–H and O–H groups in total. The highest BCUT2D eigenvalue weighted by molar-refractivity contribution is 6.67. The Morgan fingerprint density at radius 1 is 1.20 bits per heavy atom. The van der Waals surface area contributed by atoms with Crippen molar-refractivity contribution in [3.05, 3.63) is 0 Å². The van der Waals surface area contributed by atoms with E-state index in [2.05, 4.69) is 5.16 Å². The van der Waals surface area contributed by atoms with E-state index in [4.69, 9.17) is 26.3 Å². The molecular weight excluding hydrogens is 290 g/mol. The summed E-state index contributed by atoms with van der Waals surface area (Å²) in [6, 6.07) is 0. The van der Waals surface area contributed by atoms with Crippen molar-refractivity contribution < 1.29 is 29.1 Å². The first-order valence-electron chi connectivity index (χ1n) is 6.17. The number of Topliss-reactive ketones (excluding diaryl/α,β-unsaturated/α-hetero) is 1. The normalized spacial score (nSPS) is 23.0. The molecule has 0 bridgehead atoms. The Morgan fingerprint density at radius 2 is 1.75 bits per heavy atom. The summed E-state index contributed by atoms with van der Waals surface area (Å²) >= 11 is 5.28. The van der Waals surface area contributed by atoms with Crippen LogP contribution < -0.4 is 0 Å². The second kappa shape index (κ2) is 7.84. The van der Waals surface area contributed by atoms with Gasteiger partial charge in [-0.3, -0.25) is 9.59 Å². The number of aliphatic carboxylic acids is 1. The standard InChI is InChI=1S/C12H16ClNO6/c1-7(15)19-8-2-4-9(5-3-8)20-14-11(12(17)18)10(16)6-13/h8-9H,2-6H2,1H3,(H,17,18)/b14-11+. The van der Waals surface area contributed by atoms with Crippen molar-refractivity contribution in [3.8, 4) is 0 Å². The monoisotopic (exact) mass is 305 g/mol. The average molecular weight is 306 g/mol. The second-order valence-corrected chi connectivity index (χ2v) is 4.68. The summed E-state index contributed by atoms with van der Waals surface area (Å²) in [5.41, 5.74) is -0.706. The summed E-state index contributed by atoms with van der Waals surface area (Å²) in [7, 11) is 0. The minimum Gasteiger partial charge on any atom is -0.476 e. The maximum absolute atomic E-state index is 11.2. The van der Waals surface area contributed by atoms with Gasteiger partial charge in [0.05, 0.1) is 5.88 Å². The molecule has 8 heteroatoms. The van der Waals surface area contributed by atoms with E-state index in [0.29, 0.717) is 25.7 Å². The van der Waals surface area contributed by atoms with Crippen molar-refractivity contribution in [3.63, 3.8) is 0 Å². The van der Waals surface area contributed by atoms with Crippen LogP contribution in [0, 0.1) is 0 Å². The number of ether oxygens (including phenoxy) is 1. The smallest absolute Gasteiger partial charge is 0.361 e. The van der Waals surface area contributed by atoms with Crippen molar-refractivity contribution in [2.75, 3.05) is 5.88 Å². The van der Waals surface area contributed by atoms with E-state index in [-0.39, 0.29) is 18.2 Å². The van der Waals surface area contributed by atoms with Crippen LogP contribution in [-0.2, 0) is 24.0 Å². The zero-order valence-electron chi connectivity index (χ0n) is 11.0. The van der Waals surface area contributed by atoms with Gasteiger partial charge in [0.2, 0.25) is 11.5 Å². The number of hydrogen-bond donors (Lipinski definition) is 1. The van der Waals surface area contributed by atoms with Crippen LogP contribution in [0.4, 0.5) is 0 Å². The van der Waals surface area contributed by atoms with Gasteiger partial charge in [-0.1, -0.05) is 5.16 Å². The molecule has 0 aromatic rings. The number of alkyl halides is 1. The van der Waals surface area contributed by atoms with E-state index < -0.39 is 23.3 Å². The number of carbonyl (C=O) groups excluding carboxylic acids is 2. The quantitative estimate of drug-likeness (QED) is 0.259. The summed E-state index contributed by atoms with van der Waals surface area (Å²) in [6.07, 6.45) is 1.95. The van der Waals surface area contributed by atoms with Crippen LogP contribution in [0.3, 0.4) is 0 Å². The number of carboxylic acid groups (broad SMARTS) is 1. The van der Waals surface area contributed by atoms with Crippen LogP contribution in [0.25, 0.3) is 0 Å². The Morgan fingerprint density at radius 3 is 2.20 bits per heavy atom. The summed E-state index contributed by atoms with van der Waals surface area (Å²) in [5, 5.41) is 12.2. The molecule has 112 valence electrons. The lowest BCUT2D eigenvalue weighted by Gasteiger charge is -2.26. The number of rotatable bonds is 6. The predicted molar refractivity (Wildman–Crippen MR) is 69.7 cm³/mol. The summed E-state index contributed by atoms with van der Waals surface area (Å²) in [4.78, 5) is 37.9. The molecule has 1 aliphatic rings. The largest absolute Gasteiger partial charge is 0.476 e. The molecule has 1 fully saturated rings. The van der Waals surface area contributed by atoms with Gasteiger partial charge in [0, 0.05) is 6.92 Å². The molecule has 0 aromatic heterocycles. The average Bonchev–Trinajstić information content (AvgIpc) is 2.39. The zero-order valence-corrected chi connectivity index (χ0v) is 11.8. The van der Waals surface area contributed by atoms with Gasteiger partial charge in [-0.15, -0.1) is 11.6 Å². The number of ketones is 1. The summed E-state index contributed by atoms with van der Waals surface area (Å²) in [6.45, 7) is 1.35. The third-order valence-electron chi connectivity index (χ3n) is 2.83. The lowest BCUT2D eigenvalue weighted by molar-refractivity contribution is -0.149. The molecular formula is C12H16ClNO6. The van der Waals surface area contributed by atoms with Gasteiger partial charge in [-0.25, -0.2) is 4.79 Å². The van der Waals surface area contributed by atoms with Gasteiger partial charge in [-0.05, 0) is 25.7 Å². The van der Waals surface area contributed by atoms with E-state index in [1.807, 2.05) is 0 Å². The highest BCUT2D eigenvalue weighted by Crippen LogP contribution is 2.23. The van der Waals surface area contributed by atoms with Crippen LogP contribution in [0.15, 0.2) is 5.16 Å². The SMILES string of the molecule is CC(=O)OC1CCC(O/N=C(/C(=O)O)C(=O)CCl)CC1. The second-order valence-electron chi connectivity index (χ2n) is 4.42. The van der Waals surface area contributed by atoms with E-state index in [1.165, 1.54) is 6.92 Å². The molecule has 0 aliphatic heterocycles. The lowest BCUT2D eigenvalue weighted by Crippen LogP contribution is -2.29. The van der Waals surface area contributed by atoms with E-state index in [1.54, 1.807) is 0 Å². The van der Waals surface area contributed by atoms with Crippen molar-refractivity contribution in [2.24, 2.45) is 5.16 Å². The number of carbonyl (C=O) groups is 3. The maximum atomic E-state index is 11.2. The topological polar surface area (TPSA) is 102 Å². The molecule has 0 spiro atoms. The number of esters is 1. The number of carboxylic acids is 1. The van der Waals surface area contributed by atoms with Gasteiger partial charge in [-0.2, -0.15) is 0 Å². The molecule has 0 saturated heterocycles. The van der Waals surface area contributed by atoms with Crippen LogP contribution >= 0.6 is 11.6 Å². The molecule has 1 rings (SSSR count). The first-order valence-corrected chi connectivity index (χ1v) is 6.71. The fraction of sp³-hybridized carbons (Fsp3) is 0.667. The summed E-state index contributed by atoms with van der Waals surface area (Å²) < 4.78 is 5.06. The van der Waals surface area contributed by atoms with Crippen LogP contribution in [0.2, 0.25) is 0 Å². The highest BCUT2D eigenvalue weighted by Gasteiger charge is 2.26. The molecule has 20 heavy (non-hydrogen) atoms. The molecule has 0 heterocycles. The first kappa shape index (κ1) is 16.4. The Kier molecular flexibility index (Phi) is 6.44. The van der Waals surface area contributed by atoms with E-state index >= 15 is 0 Å². The number of nitrogens with zero attached hydrogens (tertiary/aromatic N) is 1. The van der Waals surface area contributed by atoms with Gasteiger partial charge in [0.15, 0.2) is 0 Å². The van der Waals surface area contributed by atoms with Crippen molar-refractivity contribution >= 4 is 35.0 Å². The van der Waals surface area contributed by atoms with Gasteiger partial charge >= 0.3 is 11.9 Å². The van der Waals surface area contributed by atoms with Crippen LogP contribution in [0.1, 0.15) is 32.6 Å². The van der Waals surface area contributed by atoms with Gasteiger partial charge in [0.1, 0.15) is 12.2 Å². The van der Waals surface area contributed by atoms with Gasteiger partial charge in [0.25, 0.3) is 0 Å². The Balaban J connectivity index is 2.48. The molecule has 0 atom stereocenters. The predicted octanol–water partition coefficient (Wildman–Crippen LogP) is 1.13. The lowest BCUT2D eigenvalue weighted by atomic mass is 9.95. The third kappa shape index (κ3) is 5.16. The maximum Gasteiger partial charge on any atom is 0.361 e. The van der Waals surface area contributed by atoms with Crippen LogP contribution in [0.5, 0.6) is 0 Å². The molecule has 0 amide bonds. The Bertz CT molecular complexity index is 414. The Labute approximate surface area is 120 Å². The van der Waals surface area contributed by atoms with Crippen molar-refractivity contribution in [2.45, 2.75) is 44.8 Å². The Hall–Kier alpha value is -1.63. The highest BCUT2D eigenvalue weighted by atomic mass is 35.5. The fourth-order valence-electron chi connectivity index (χ4n) is 1.89. The minimum atomic E-state index is -1.47. The third-order valence-corrected chi connectivity index (χ3v) is 3.08. The number of oxime groups is 1. The van der Waals surface area contributed by atoms with E-state index in [9.17, 15) is 14.4 Å². The number of halogens is 1. The molecule has 1 saturated carbocycles. The molecule has 0 aromatic carbocycles. The summed E-state index contributed by atoms with van der Waals surface area (Å²) in [5.74, 6) is -3.06. The van der Waals surface area contributed by atoms with Gasteiger partial charge < -0.3 is 14.7 Å². The minimum absolute atomic E-state index is 0.139. The number of hydrogen-bond acceptors (Lipinski definition) is 6. The molecule has 0 radical (unpaired) electrons. The van der Waals surface area contributed by atoms with E-state index in [0.717, 1.165) is 0 Å². The van der Waals surface area contributed by atoms with Crippen molar-refractivity contribution in [1.82, 2.24) is 0 Å². The molecule has 1 aliphatic carbocycles. The van der Waals surface area contributed by atoms with Crippen LogP contribution in [-0.4, -0.2) is 46.6 Å². The molecule has 0 unspecified atom stereocenters. The fourth-order valence-corrected chi connectivity index (χ4v) is 2.02. The molecule has 7 nitrogen and oxygen atoms in total. The van der Waals surface area contributed by atoms with Crippen molar-refractivity contribution in [1.29, 1.82) is 0 Å². The first-order chi connectivity index (χ1) is 9.43.